The van der Waals surface area contributed by atoms with Crippen LogP contribution in [0.5, 0.6) is 0 Å². The summed E-state index contributed by atoms with van der Waals surface area (Å²) in [6.07, 6.45) is 1.62. The molecule has 138 valence electrons. The van der Waals surface area contributed by atoms with E-state index in [0.29, 0.717) is 17.1 Å². The molecule has 2 amide bonds. The molecule has 1 aliphatic rings. The van der Waals surface area contributed by atoms with Gasteiger partial charge in [-0.05, 0) is 18.2 Å². The summed E-state index contributed by atoms with van der Waals surface area (Å²) >= 11 is 0. The summed E-state index contributed by atoms with van der Waals surface area (Å²) in [5.41, 5.74) is 0.585. The molecular formula is C16H13N5O6. The molecular weight excluding hydrogens is 358 g/mol. The number of rotatable bonds is 4. The fraction of sp³-hybridized carbons (Fsp3) is 0.188. The molecule has 0 saturated heterocycles. The second-order valence-electron chi connectivity index (χ2n) is 5.90. The van der Waals surface area contributed by atoms with E-state index in [2.05, 4.69) is 15.7 Å². The van der Waals surface area contributed by atoms with Gasteiger partial charge in [0.05, 0.1) is 23.8 Å². The minimum Gasteiger partial charge on any atom is -0.469 e. The highest BCUT2D eigenvalue weighted by Gasteiger charge is 2.35. The number of furan rings is 2. The number of nitrogens with one attached hydrogen (secondary N) is 2. The SMILES string of the molecule is Cn1nc(NC(=O)c2ccc([N+](=O)[O-])o2)c2c1NC(=O)C[C@H]2c1ccco1. The Morgan fingerprint density at radius 2 is 2.26 bits per heavy atom. The summed E-state index contributed by atoms with van der Waals surface area (Å²) in [5.74, 6) is -0.891. The lowest BCUT2D eigenvalue weighted by Crippen LogP contribution is -2.25. The van der Waals surface area contributed by atoms with Crippen LogP contribution in [0, 0.1) is 10.1 Å². The van der Waals surface area contributed by atoms with Crippen LogP contribution in [-0.4, -0.2) is 26.5 Å². The molecule has 0 spiro atoms. The Kier molecular flexibility index (Phi) is 3.76. The number of hydrogen-bond acceptors (Lipinski definition) is 7. The molecule has 0 aliphatic carbocycles. The first-order valence-corrected chi connectivity index (χ1v) is 7.89. The quantitative estimate of drug-likeness (QED) is 0.528. The predicted octanol–water partition coefficient (Wildman–Crippen LogP) is 2.24. The van der Waals surface area contributed by atoms with E-state index in [4.69, 9.17) is 8.83 Å². The lowest BCUT2D eigenvalue weighted by Gasteiger charge is -2.22. The smallest absolute Gasteiger partial charge is 0.433 e. The summed E-state index contributed by atoms with van der Waals surface area (Å²) in [6, 6.07) is 5.74. The molecule has 1 atom stereocenters. The molecule has 4 rings (SSSR count). The molecule has 1 aliphatic heterocycles. The molecule has 0 aromatic carbocycles. The molecule has 0 saturated carbocycles. The third-order valence-electron chi connectivity index (χ3n) is 4.19. The first kappa shape index (κ1) is 16.6. The monoisotopic (exact) mass is 371 g/mol. The zero-order valence-corrected chi connectivity index (χ0v) is 14.0. The third-order valence-corrected chi connectivity index (χ3v) is 4.19. The van der Waals surface area contributed by atoms with Gasteiger partial charge in [0.25, 0.3) is 5.91 Å². The van der Waals surface area contributed by atoms with Gasteiger partial charge in [-0.1, -0.05) is 0 Å². The minimum atomic E-state index is -0.734. The van der Waals surface area contributed by atoms with Crippen molar-refractivity contribution in [1.82, 2.24) is 9.78 Å². The molecule has 3 aromatic rings. The summed E-state index contributed by atoms with van der Waals surface area (Å²) in [7, 11) is 1.62. The van der Waals surface area contributed by atoms with Gasteiger partial charge in [0.2, 0.25) is 5.91 Å². The molecule has 0 radical (unpaired) electrons. The van der Waals surface area contributed by atoms with E-state index in [1.54, 1.807) is 19.2 Å². The fourth-order valence-electron chi connectivity index (χ4n) is 3.03. The molecule has 0 fully saturated rings. The predicted molar refractivity (Wildman–Crippen MR) is 90.3 cm³/mol. The molecule has 11 nitrogen and oxygen atoms in total. The normalized spacial score (nSPS) is 15.9. The van der Waals surface area contributed by atoms with Gasteiger partial charge in [-0.2, -0.15) is 5.10 Å². The molecule has 3 aromatic heterocycles. The van der Waals surface area contributed by atoms with E-state index in [0.717, 1.165) is 6.07 Å². The molecule has 11 heteroatoms. The Bertz CT molecular complexity index is 1050. The van der Waals surface area contributed by atoms with E-state index < -0.39 is 22.6 Å². The van der Waals surface area contributed by atoms with Crippen LogP contribution in [-0.2, 0) is 11.8 Å². The van der Waals surface area contributed by atoms with Gasteiger partial charge in [0.1, 0.15) is 16.5 Å². The van der Waals surface area contributed by atoms with Crippen molar-refractivity contribution in [3.8, 4) is 0 Å². The lowest BCUT2D eigenvalue weighted by molar-refractivity contribution is -0.402. The zero-order valence-electron chi connectivity index (χ0n) is 14.0. The minimum absolute atomic E-state index is 0.126. The summed E-state index contributed by atoms with van der Waals surface area (Å²) in [4.78, 5) is 34.4. The number of nitro groups is 1. The maximum Gasteiger partial charge on any atom is 0.433 e. The van der Waals surface area contributed by atoms with Crippen LogP contribution in [0.2, 0.25) is 0 Å². The van der Waals surface area contributed by atoms with Gasteiger partial charge >= 0.3 is 5.88 Å². The second-order valence-corrected chi connectivity index (χ2v) is 5.90. The maximum absolute atomic E-state index is 12.4. The Hall–Kier alpha value is -3.89. The average Bonchev–Trinajstić information content (AvgIpc) is 3.35. The van der Waals surface area contributed by atoms with Crippen molar-refractivity contribution in [2.75, 3.05) is 10.6 Å². The van der Waals surface area contributed by atoms with Crippen LogP contribution >= 0.6 is 0 Å². The van der Waals surface area contributed by atoms with Crippen molar-refractivity contribution in [2.45, 2.75) is 12.3 Å². The van der Waals surface area contributed by atoms with E-state index in [1.807, 2.05) is 0 Å². The average molecular weight is 371 g/mol. The van der Waals surface area contributed by atoms with Gasteiger partial charge < -0.3 is 19.5 Å². The molecule has 0 bridgehead atoms. The van der Waals surface area contributed by atoms with Crippen molar-refractivity contribution in [3.63, 3.8) is 0 Å². The second kappa shape index (κ2) is 6.12. The zero-order chi connectivity index (χ0) is 19.1. The van der Waals surface area contributed by atoms with E-state index in [-0.39, 0.29) is 23.9 Å². The summed E-state index contributed by atoms with van der Waals surface area (Å²) in [5, 5.41) is 20.3. The number of fused-ring (bicyclic) bond motifs is 1. The first-order valence-electron chi connectivity index (χ1n) is 7.89. The highest BCUT2D eigenvalue weighted by molar-refractivity contribution is 6.04. The van der Waals surface area contributed by atoms with Crippen LogP contribution in [0.4, 0.5) is 17.5 Å². The molecule has 0 unspecified atom stereocenters. The number of anilines is 2. The van der Waals surface area contributed by atoms with Crippen LogP contribution in [0.15, 0.2) is 39.4 Å². The van der Waals surface area contributed by atoms with Gasteiger partial charge in [-0.3, -0.25) is 24.4 Å². The maximum atomic E-state index is 12.4. The number of aromatic nitrogens is 2. The fourth-order valence-corrected chi connectivity index (χ4v) is 3.03. The van der Waals surface area contributed by atoms with E-state index in [9.17, 15) is 19.7 Å². The third kappa shape index (κ3) is 2.84. The van der Waals surface area contributed by atoms with Gasteiger partial charge in [0, 0.05) is 13.5 Å². The van der Waals surface area contributed by atoms with Crippen molar-refractivity contribution in [2.24, 2.45) is 7.05 Å². The highest BCUT2D eigenvalue weighted by Crippen LogP contribution is 2.41. The van der Waals surface area contributed by atoms with Gasteiger partial charge in [0.15, 0.2) is 11.6 Å². The largest absolute Gasteiger partial charge is 0.469 e. The number of amides is 2. The van der Waals surface area contributed by atoms with Gasteiger partial charge in [-0.25, -0.2) is 0 Å². The molecule has 4 heterocycles. The Balaban J connectivity index is 1.70. The van der Waals surface area contributed by atoms with Crippen LogP contribution in [0.3, 0.4) is 0 Å². The van der Waals surface area contributed by atoms with Crippen molar-refractivity contribution in [3.05, 3.63) is 57.7 Å². The Morgan fingerprint density at radius 1 is 1.44 bits per heavy atom. The summed E-state index contributed by atoms with van der Waals surface area (Å²) in [6.45, 7) is 0. The Morgan fingerprint density at radius 3 is 2.93 bits per heavy atom. The summed E-state index contributed by atoms with van der Waals surface area (Å²) < 4.78 is 11.8. The highest BCUT2D eigenvalue weighted by atomic mass is 16.6. The first-order chi connectivity index (χ1) is 12.9. The number of aryl methyl sites for hydroxylation is 1. The lowest BCUT2D eigenvalue weighted by atomic mass is 9.91. The van der Waals surface area contributed by atoms with E-state index in [1.165, 1.54) is 17.0 Å². The molecule has 2 N–H and O–H groups in total. The van der Waals surface area contributed by atoms with Crippen LogP contribution < -0.4 is 10.6 Å². The standard InChI is InChI=1S/C16H13N5O6/c1-20-15-13(8(7-11(22)17-15)9-3-2-6-26-9)14(19-20)18-16(23)10-4-5-12(27-10)21(24)25/h2-6,8H,7H2,1H3,(H,17,22)(H,18,19,23)/t8-/m0/s1. The number of carbonyl (C=O) groups is 2. The van der Waals surface area contributed by atoms with Crippen LogP contribution in [0.1, 0.15) is 34.2 Å². The van der Waals surface area contributed by atoms with E-state index >= 15 is 0 Å². The Labute approximate surface area is 151 Å². The van der Waals surface area contributed by atoms with Crippen molar-refractivity contribution >= 4 is 29.3 Å². The topological polar surface area (TPSA) is 145 Å². The number of nitrogens with zero attached hydrogens (tertiary/aromatic N) is 3. The van der Waals surface area contributed by atoms with Crippen LogP contribution in [0.25, 0.3) is 0 Å². The number of hydrogen-bond donors (Lipinski definition) is 2. The van der Waals surface area contributed by atoms with Gasteiger partial charge in [-0.15, -0.1) is 0 Å². The number of carbonyl (C=O) groups excluding carboxylic acids is 2. The van der Waals surface area contributed by atoms with Crippen molar-refractivity contribution < 1.29 is 23.3 Å². The van der Waals surface area contributed by atoms with Crippen molar-refractivity contribution in [1.29, 1.82) is 0 Å². The molecule has 27 heavy (non-hydrogen) atoms.